The van der Waals surface area contributed by atoms with E-state index in [0.717, 1.165) is 27.8 Å². The van der Waals surface area contributed by atoms with E-state index in [1.54, 1.807) is 12.4 Å². The molecule has 0 bridgehead atoms. The van der Waals surface area contributed by atoms with Gasteiger partial charge in [0.1, 0.15) is 5.82 Å². The Bertz CT molecular complexity index is 577. The Morgan fingerprint density at radius 1 is 1.40 bits per heavy atom. The minimum atomic E-state index is -0.146. The van der Waals surface area contributed by atoms with E-state index in [-0.39, 0.29) is 6.04 Å². The summed E-state index contributed by atoms with van der Waals surface area (Å²) in [5, 5.41) is 4.48. The molecular weight excluding hydrogens is 320 g/mol. The monoisotopic (exact) mass is 338 g/mol. The van der Waals surface area contributed by atoms with Crippen LogP contribution >= 0.6 is 15.9 Å². The molecule has 6 nitrogen and oxygen atoms in total. The maximum absolute atomic E-state index is 5.66. The molecule has 0 saturated carbocycles. The van der Waals surface area contributed by atoms with Crippen LogP contribution in [0.2, 0.25) is 0 Å². The molecule has 7 heteroatoms. The fraction of sp³-hybridized carbons (Fsp3) is 0.462. The minimum absolute atomic E-state index is 0.146. The first-order valence-corrected chi connectivity index (χ1v) is 7.31. The maximum Gasteiger partial charge on any atom is 0.146 e. The Morgan fingerprint density at radius 3 is 2.55 bits per heavy atom. The van der Waals surface area contributed by atoms with Gasteiger partial charge in [-0.05, 0) is 34.8 Å². The van der Waals surface area contributed by atoms with Crippen LogP contribution in [0.4, 0.5) is 0 Å². The van der Waals surface area contributed by atoms with E-state index in [2.05, 4.69) is 43.3 Å². The van der Waals surface area contributed by atoms with Crippen molar-refractivity contribution >= 4 is 15.9 Å². The fourth-order valence-corrected chi connectivity index (χ4v) is 2.82. The Kier molecular flexibility index (Phi) is 4.85. The highest BCUT2D eigenvalue weighted by molar-refractivity contribution is 9.10. The van der Waals surface area contributed by atoms with Gasteiger partial charge in [-0.15, -0.1) is 0 Å². The molecule has 20 heavy (non-hydrogen) atoms. The molecule has 108 valence electrons. The Labute approximate surface area is 126 Å². The summed E-state index contributed by atoms with van der Waals surface area (Å²) in [5.41, 5.74) is 5.93. The molecule has 2 aromatic heterocycles. The summed E-state index contributed by atoms with van der Waals surface area (Å²) < 4.78 is 2.91. The highest BCUT2D eigenvalue weighted by Crippen LogP contribution is 2.25. The molecule has 1 unspecified atom stereocenters. The zero-order valence-corrected chi connectivity index (χ0v) is 13.5. The van der Waals surface area contributed by atoms with Gasteiger partial charge in [0.05, 0.1) is 21.9 Å². The number of nitrogens with one attached hydrogen (secondary N) is 1. The Morgan fingerprint density at radius 2 is 2.05 bits per heavy atom. The van der Waals surface area contributed by atoms with Crippen LogP contribution in [-0.2, 0) is 19.9 Å². The molecule has 0 aliphatic heterocycles. The molecule has 0 amide bonds. The topological polar surface area (TPSA) is 81.7 Å². The number of hydrogen-bond donors (Lipinski definition) is 2. The highest BCUT2D eigenvalue weighted by Gasteiger charge is 2.19. The lowest BCUT2D eigenvalue weighted by Crippen LogP contribution is -2.31. The van der Waals surface area contributed by atoms with Crippen LogP contribution < -0.4 is 11.3 Å². The first-order chi connectivity index (χ1) is 9.56. The van der Waals surface area contributed by atoms with Gasteiger partial charge in [0.2, 0.25) is 0 Å². The number of aromatic nitrogens is 4. The van der Waals surface area contributed by atoms with Crippen LogP contribution in [0, 0.1) is 6.92 Å². The number of halogens is 1. The van der Waals surface area contributed by atoms with Crippen molar-refractivity contribution in [3.63, 3.8) is 0 Å². The van der Waals surface area contributed by atoms with Crippen LogP contribution in [0.15, 0.2) is 16.9 Å². The molecular formula is C13H19BrN6. The maximum atomic E-state index is 5.66. The number of hydrogen-bond acceptors (Lipinski definition) is 5. The average Bonchev–Trinajstić information content (AvgIpc) is 2.72. The third-order valence-corrected chi connectivity index (χ3v) is 4.13. The predicted molar refractivity (Wildman–Crippen MR) is 80.8 cm³/mol. The van der Waals surface area contributed by atoms with Crippen LogP contribution in [0.3, 0.4) is 0 Å². The van der Waals surface area contributed by atoms with Crippen molar-refractivity contribution in [3.8, 4) is 0 Å². The third kappa shape index (κ3) is 3.05. The molecule has 2 rings (SSSR count). The largest absolute Gasteiger partial charge is 0.271 e. The van der Waals surface area contributed by atoms with E-state index in [4.69, 9.17) is 5.84 Å². The molecule has 3 N–H and O–H groups in total. The second-order valence-corrected chi connectivity index (χ2v) is 5.52. The van der Waals surface area contributed by atoms with Gasteiger partial charge in [-0.3, -0.25) is 10.5 Å². The van der Waals surface area contributed by atoms with Crippen LogP contribution in [0.25, 0.3) is 0 Å². The van der Waals surface area contributed by atoms with Crippen molar-refractivity contribution in [2.24, 2.45) is 12.9 Å². The lowest BCUT2D eigenvalue weighted by atomic mass is 10.1. The molecule has 2 aromatic rings. The summed E-state index contributed by atoms with van der Waals surface area (Å²) in [5.74, 6) is 6.34. The van der Waals surface area contributed by atoms with E-state index < -0.39 is 0 Å². The van der Waals surface area contributed by atoms with Gasteiger partial charge in [-0.2, -0.15) is 5.10 Å². The zero-order valence-electron chi connectivity index (χ0n) is 11.9. The van der Waals surface area contributed by atoms with Gasteiger partial charge < -0.3 is 0 Å². The summed E-state index contributed by atoms with van der Waals surface area (Å²) >= 11 is 3.61. The fourth-order valence-electron chi connectivity index (χ4n) is 2.04. The van der Waals surface area contributed by atoms with E-state index in [0.29, 0.717) is 12.2 Å². The summed E-state index contributed by atoms with van der Waals surface area (Å²) in [6.07, 6.45) is 5.14. The van der Waals surface area contributed by atoms with Gasteiger partial charge in [0.15, 0.2) is 0 Å². The predicted octanol–water partition coefficient (Wildman–Crippen LogP) is 1.59. The van der Waals surface area contributed by atoms with Crippen LogP contribution in [-0.4, -0.2) is 19.7 Å². The number of nitrogens with zero attached hydrogens (tertiary/aromatic N) is 4. The molecule has 0 radical (unpaired) electrons. The van der Waals surface area contributed by atoms with E-state index in [9.17, 15) is 0 Å². The number of rotatable bonds is 5. The molecule has 0 aliphatic rings. The van der Waals surface area contributed by atoms with Gasteiger partial charge in [0, 0.05) is 25.9 Å². The molecule has 0 aliphatic carbocycles. The Balaban J connectivity index is 2.26. The van der Waals surface area contributed by atoms with Crippen molar-refractivity contribution in [2.75, 3.05) is 0 Å². The van der Waals surface area contributed by atoms with Crippen LogP contribution in [0.5, 0.6) is 0 Å². The van der Waals surface area contributed by atoms with Crippen molar-refractivity contribution in [2.45, 2.75) is 32.7 Å². The van der Waals surface area contributed by atoms with E-state index in [1.807, 2.05) is 18.7 Å². The summed E-state index contributed by atoms with van der Waals surface area (Å²) in [6.45, 7) is 4.04. The van der Waals surface area contributed by atoms with Gasteiger partial charge >= 0.3 is 0 Å². The first kappa shape index (κ1) is 15.1. The normalized spacial score (nSPS) is 12.7. The molecule has 0 aromatic carbocycles. The molecule has 0 spiro atoms. The quantitative estimate of drug-likeness (QED) is 0.639. The lowest BCUT2D eigenvalue weighted by molar-refractivity contribution is 0.503. The van der Waals surface area contributed by atoms with Crippen molar-refractivity contribution in [1.82, 2.24) is 25.2 Å². The summed E-state index contributed by atoms with van der Waals surface area (Å²) in [6, 6.07) is -0.146. The van der Waals surface area contributed by atoms with Gasteiger partial charge in [-0.25, -0.2) is 15.4 Å². The van der Waals surface area contributed by atoms with E-state index >= 15 is 0 Å². The standard InChI is InChI=1S/C13H19BrN6/c1-4-9-12(14)11(20(3)19-9)5-10(18-15)13-16-6-8(2)7-17-13/h6-7,10,18H,4-5,15H2,1-3H3. The third-order valence-electron chi connectivity index (χ3n) is 3.21. The second kappa shape index (κ2) is 6.43. The molecule has 2 heterocycles. The highest BCUT2D eigenvalue weighted by atomic mass is 79.9. The lowest BCUT2D eigenvalue weighted by Gasteiger charge is -2.15. The van der Waals surface area contributed by atoms with Crippen LogP contribution in [0.1, 0.15) is 35.7 Å². The van der Waals surface area contributed by atoms with Crippen molar-refractivity contribution in [1.29, 1.82) is 0 Å². The summed E-state index contributed by atoms with van der Waals surface area (Å²) in [4.78, 5) is 8.67. The molecule has 1 atom stereocenters. The SMILES string of the molecule is CCc1nn(C)c(CC(NN)c2ncc(C)cn2)c1Br. The Hall–Kier alpha value is -1.31. The van der Waals surface area contributed by atoms with Crippen molar-refractivity contribution < 1.29 is 0 Å². The smallest absolute Gasteiger partial charge is 0.146 e. The average molecular weight is 339 g/mol. The number of nitrogens with two attached hydrogens (primary N) is 1. The molecule has 0 fully saturated rings. The molecule has 0 saturated heterocycles. The number of aryl methyl sites for hydroxylation is 3. The van der Waals surface area contributed by atoms with Crippen molar-refractivity contribution in [3.05, 3.63) is 39.6 Å². The first-order valence-electron chi connectivity index (χ1n) is 6.51. The van der Waals surface area contributed by atoms with E-state index in [1.165, 1.54) is 0 Å². The van der Waals surface area contributed by atoms with Gasteiger partial charge in [0.25, 0.3) is 0 Å². The second-order valence-electron chi connectivity index (χ2n) is 4.73. The minimum Gasteiger partial charge on any atom is -0.271 e. The summed E-state index contributed by atoms with van der Waals surface area (Å²) in [7, 11) is 1.93. The van der Waals surface area contributed by atoms with Gasteiger partial charge in [-0.1, -0.05) is 6.92 Å². The number of hydrazine groups is 1. The zero-order chi connectivity index (χ0) is 14.7.